The minimum absolute atomic E-state index is 0.122. The van der Waals surface area contributed by atoms with Gasteiger partial charge in [-0.25, -0.2) is 4.39 Å². The van der Waals surface area contributed by atoms with Gasteiger partial charge in [-0.3, -0.25) is 9.59 Å². The van der Waals surface area contributed by atoms with E-state index in [9.17, 15) is 19.1 Å². The zero-order chi connectivity index (χ0) is 21.8. The standard InChI is InChI=1S/C23H25FN2O4/c1-25(2)12-7-13-26-20(17-10-4-5-11-18(17)24)19(22(28)23(26)29)21(27)15-8-6-9-16(14-15)30-3/h4-6,8-11,14,20,27H,7,12-13H2,1-3H3/b21-19+/t20-/m1/s1. The van der Waals surface area contributed by atoms with Crippen LogP contribution in [0.3, 0.4) is 0 Å². The highest BCUT2D eigenvalue weighted by Gasteiger charge is 2.46. The van der Waals surface area contributed by atoms with Crippen molar-refractivity contribution in [2.45, 2.75) is 12.5 Å². The summed E-state index contributed by atoms with van der Waals surface area (Å²) < 4.78 is 19.9. The van der Waals surface area contributed by atoms with Crippen molar-refractivity contribution in [3.05, 3.63) is 71.0 Å². The minimum atomic E-state index is -1.00. The van der Waals surface area contributed by atoms with Crippen LogP contribution in [0.5, 0.6) is 5.75 Å². The molecule has 3 rings (SSSR count). The van der Waals surface area contributed by atoms with Gasteiger partial charge in [-0.05, 0) is 45.3 Å². The van der Waals surface area contributed by atoms with Crippen molar-refractivity contribution in [3.63, 3.8) is 0 Å². The van der Waals surface area contributed by atoms with Gasteiger partial charge < -0.3 is 19.6 Å². The Bertz CT molecular complexity index is 987. The second-order valence-corrected chi connectivity index (χ2v) is 7.40. The summed E-state index contributed by atoms with van der Waals surface area (Å²) in [5.41, 5.74) is 0.371. The van der Waals surface area contributed by atoms with Crippen LogP contribution in [0.25, 0.3) is 5.76 Å². The molecular weight excluding hydrogens is 387 g/mol. The Morgan fingerprint density at radius 2 is 1.90 bits per heavy atom. The van der Waals surface area contributed by atoms with E-state index in [1.807, 2.05) is 19.0 Å². The van der Waals surface area contributed by atoms with E-state index in [1.165, 1.54) is 24.1 Å². The number of likely N-dealkylation sites (tertiary alicyclic amines) is 1. The fourth-order valence-corrected chi connectivity index (χ4v) is 3.61. The van der Waals surface area contributed by atoms with Crippen molar-refractivity contribution in [1.29, 1.82) is 0 Å². The summed E-state index contributed by atoms with van der Waals surface area (Å²) in [5.74, 6) is -1.98. The van der Waals surface area contributed by atoms with E-state index in [4.69, 9.17) is 4.74 Å². The van der Waals surface area contributed by atoms with Crippen LogP contribution in [0.15, 0.2) is 54.1 Å². The van der Waals surface area contributed by atoms with Crippen molar-refractivity contribution < 1.29 is 23.8 Å². The molecule has 7 heteroatoms. The number of benzene rings is 2. The average molecular weight is 412 g/mol. The first-order chi connectivity index (χ1) is 14.3. The summed E-state index contributed by atoms with van der Waals surface area (Å²) in [6.07, 6.45) is 0.601. The number of carbonyl (C=O) groups excluding carboxylic acids is 2. The van der Waals surface area contributed by atoms with E-state index in [2.05, 4.69) is 0 Å². The molecule has 30 heavy (non-hydrogen) atoms. The molecule has 0 radical (unpaired) electrons. The monoisotopic (exact) mass is 412 g/mol. The van der Waals surface area contributed by atoms with Gasteiger partial charge in [0.2, 0.25) is 0 Å². The molecule has 2 aromatic rings. The lowest BCUT2D eigenvalue weighted by atomic mass is 9.95. The van der Waals surface area contributed by atoms with Gasteiger partial charge in [-0.15, -0.1) is 0 Å². The van der Waals surface area contributed by atoms with E-state index in [-0.39, 0.29) is 23.4 Å². The first-order valence-electron chi connectivity index (χ1n) is 9.67. The molecule has 1 aliphatic rings. The van der Waals surface area contributed by atoms with E-state index >= 15 is 0 Å². The van der Waals surface area contributed by atoms with Gasteiger partial charge in [0.1, 0.15) is 17.3 Å². The lowest BCUT2D eigenvalue weighted by Gasteiger charge is -2.26. The molecular formula is C23H25FN2O4. The molecule has 1 saturated heterocycles. The van der Waals surface area contributed by atoms with Gasteiger partial charge in [0.25, 0.3) is 11.7 Å². The molecule has 0 aromatic heterocycles. The maximum absolute atomic E-state index is 14.7. The molecule has 6 nitrogen and oxygen atoms in total. The summed E-state index contributed by atoms with van der Waals surface area (Å²) in [4.78, 5) is 29.0. The number of hydrogen-bond donors (Lipinski definition) is 1. The lowest BCUT2D eigenvalue weighted by molar-refractivity contribution is -0.140. The highest BCUT2D eigenvalue weighted by molar-refractivity contribution is 6.46. The third-order valence-electron chi connectivity index (χ3n) is 5.09. The van der Waals surface area contributed by atoms with E-state index in [0.29, 0.717) is 24.3 Å². The lowest BCUT2D eigenvalue weighted by Crippen LogP contribution is -2.32. The number of nitrogens with zero attached hydrogens (tertiary/aromatic N) is 2. The third-order valence-corrected chi connectivity index (χ3v) is 5.09. The summed E-state index contributed by atoms with van der Waals surface area (Å²) in [6, 6.07) is 11.5. The SMILES string of the molecule is COc1cccc(/C(O)=C2\C(=O)C(=O)N(CCCN(C)C)[C@@H]2c2ccccc2F)c1. The molecule has 0 aliphatic carbocycles. The molecule has 0 unspecified atom stereocenters. The topological polar surface area (TPSA) is 70.1 Å². The Hall–Kier alpha value is -3.19. The number of rotatable bonds is 7. The second kappa shape index (κ2) is 9.09. The molecule has 1 fully saturated rings. The number of ketones is 1. The quantitative estimate of drug-likeness (QED) is 0.430. The van der Waals surface area contributed by atoms with E-state index < -0.39 is 23.5 Å². The van der Waals surface area contributed by atoms with Crippen LogP contribution in [-0.4, -0.2) is 60.9 Å². The van der Waals surface area contributed by atoms with Gasteiger partial charge in [-0.1, -0.05) is 30.3 Å². The smallest absolute Gasteiger partial charge is 0.295 e. The van der Waals surface area contributed by atoms with E-state index in [0.717, 1.165) is 0 Å². The molecule has 158 valence electrons. The number of methoxy groups -OCH3 is 1. The molecule has 2 aromatic carbocycles. The normalized spacial score (nSPS) is 18.3. The zero-order valence-corrected chi connectivity index (χ0v) is 17.3. The Morgan fingerprint density at radius 1 is 1.17 bits per heavy atom. The maximum Gasteiger partial charge on any atom is 0.295 e. The Labute approximate surface area is 175 Å². The van der Waals surface area contributed by atoms with Gasteiger partial charge in [0, 0.05) is 17.7 Å². The predicted octanol–water partition coefficient (Wildman–Crippen LogP) is 3.21. The Morgan fingerprint density at radius 3 is 2.57 bits per heavy atom. The Balaban J connectivity index is 2.12. The van der Waals surface area contributed by atoms with E-state index in [1.54, 1.807) is 36.4 Å². The van der Waals surface area contributed by atoms with Crippen LogP contribution in [0.1, 0.15) is 23.6 Å². The fourth-order valence-electron chi connectivity index (χ4n) is 3.61. The van der Waals surface area contributed by atoms with Crippen LogP contribution in [0.4, 0.5) is 4.39 Å². The number of carbonyl (C=O) groups is 2. The number of aliphatic hydroxyl groups excluding tert-OH is 1. The predicted molar refractivity (Wildman–Crippen MR) is 112 cm³/mol. The molecule has 1 amide bonds. The number of amides is 1. The zero-order valence-electron chi connectivity index (χ0n) is 17.3. The number of ether oxygens (including phenoxy) is 1. The van der Waals surface area contributed by atoms with Gasteiger partial charge in [0.15, 0.2) is 0 Å². The van der Waals surface area contributed by atoms with Crippen molar-refractivity contribution >= 4 is 17.4 Å². The highest BCUT2D eigenvalue weighted by Crippen LogP contribution is 2.40. The minimum Gasteiger partial charge on any atom is -0.507 e. The molecule has 0 bridgehead atoms. The Kier molecular flexibility index (Phi) is 6.52. The van der Waals surface area contributed by atoms with Crippen LogP contribution < -0.4 is 4.74 Å². The number of Topliss-reactive ketones (excluding diaryl/α,β-unsaturated/α-hetero) is 1. The second-order valence-electron chi connectivity index (χ2n) is 7.40. The van der Waals surface area contributed by atoms with Crippen LogP contribution in [0.2, 0.25) is 0 Å². The van der Waals surface area contributed by atoms with Crippen LogP contribution >= 0.6 is 0 Å². The molecule has 1 N–H and O–H groups in total. The third kappa shape index (κ3) is 4.21. The molecule has 0 saturated carbocycles. The fraction of sp³-hybridized carbons (Fsp3) is 0.304. The summed E-state index contributed by atoms with van der Waals surface area (Å²) in [7, 11) is 5.30. The number of halogens is 1. The van der Waals surface area contributed by atoms with Crippen molar-refractivity contribution in [2.24, 2.45) is 0 Å². The molecule has 1 heterocycles. The average Bonchev–Trinajstić information content (AvgIpc) is 2.98. The molecule has 1 atom stereocenters. The van der Waals surface area contributed by atoms with Gasteiger partial charge >= 0.3 is 0 Å². The highest BCUT2D eigenvalue weighted by atomic mass is 19.1. The van der Waals surface area contributed by atoms with Crippen LogP contribution in [0, 0.1) is 5.82 Å². The van der Waals surface area contributed by atoms with Gasteiger partial charge in [0.05, 0.1) is 18.7 Å². The van der Waals surface area contributed by atoms with Crippen LogP contribution in [-0.2, 0) is 9.59 Å². The number of hydrogen-bond acceptors (Lipinski definition) is 5. The first-order valence-corrected chi connectivity index (χ1v) is 9.67. The summed E-state index contributed by atoms with van der Waals surface area (Å²) >= 11 is 0. The molecule has 1 aliphatic heterocycles. The number of aliphatic hydroxyl groups is 1. The maximum atomic E-state index is 14.7. The first kappa shape index (κ1) is 21.5. The van der Waals surface area contributed by atoms with Crippen molar-refractivity contribution in [2.75, 3.05) is 34.3 Å². The largest absolute Gasteiger partial charge is 0.507 e. The van der Waals surface area contributed by atoms with Crippen molar-refractivity contribution in [1.82, 2.24) is 9.80 Å². The summed E-state index contributed by atoms with van der Waals surface area (Å²) in [5, 5.41) is 11.0. The van der Waals surface area contributed by atoms with Gasteiger partial charge in [-0.2, -0.15) is 0 Å². The summed E-state index contributed by atoms with van der Waals surface area (Å²) in [6.45, 7) is 0.958. The van der Waals surface area contributed by atoms with Crippen molar-refractivity contribution in [3.8, 4) is 5.75 Å². The molecule has 0 spiro atoms.